The highest BCUT2D eigenvalue weighted by molar-refractivity contribution is 7.09. The van der Waals surface area contributed by atoms with Crippen molar-refractivity contribution in [1.82, 2.24) is 15.1 Å². The Kier molecular flexibility index (Phi) is 5.64. The van der Waals surface area contributed by atoms with Crippen LogP contribution in [-0.2, 0) is 16.1 Å². The van der Waals surface area contributed by atoms with Gasteiger partial charge in [-0.25, -0.2) is 4.79 Å². The molecule has 2 N–H and O–H groups in total. The number of piperidine rings is 1. The fourth-order valence-corrected chi connectivity index (χ4v) is 4.68. The lowest BCUT2D eigenvalue weighted by molar-refractivity contribution is -0.138. The quantitative estimate of drug-likeness (QED) is 0.791. The van der Waals surface area contributed by atoms with Crippen molar-refractivity contribution in [1.29, 1.82) is 0 Å². The Balaban J connectivity index is 1.53. The summed E-state index contributed by atoms with van der Waals surface area (Å²) in [5, 5.41) is 8.03. The Hall–Kier alpha value is -2.71. The summed E-state index contributed by atoms with van der Waals surface area (Å²) in [5.74, 6) is -0.470. The Morgan fingerprint density at radius 1 is 1.28 bits per heavy atom. The molecule has 7 nitrogen and oxygen atoms in total. The van der Waals surface area contributed by atoms with Crippen molar-refractivity contribution in [3.05, 3.63) is 52.2 Å². The van der Waals surface area contributed by atoms with Crippen LogP contribution in [0.4, 0.5) is 10.5 Å². The number of urea groups is 1. The maximum atomic E-state index is 13.2. The second-order valence-corrected chi connectivity index (χ2v) is 8.51. The molecule has 2 aromatic rings. The van der Waals surface area contributed by atoms with Gasteiger partial charge < -0.3 is 15.5 Å². The summed E-state index contributed by atoms with van der Waals surface area (Å²) < 4.78 is 0. The van der Waals surface area contributed by atoms with Gasteiger partial charge in [-0.05, 0) is 55.5 Å². The van der Waals surface area contributed by atoms with Gasteiger partial charge >= 0.3 is 6.03 Å². The van der Waals surface area contributed by atoms with Crippen molar-refractivity contribution >= 4 is 34.9 Å². The largest absolute Gasteiger partial charge is 0.327 e. The lowest BCUT2D eigenvalue weighted by Crippen LogP contribution is -2.69. The summed E-state index contributed by atoms with van der Waals surface area (Å²) in [6.45, 7) is 2.84. The highest BCUT2D eigenvalue weighted by Crippen LogP contribution is 2.26. The average molecular weight is 413 g/mol. The number of hydrogen-bond donors (Lipinski definition) is 2. The first-order chi connectivity index (χ1) is 14.0. The average Bonchev–Trinajstić information content (AvgIpc) is 3.22. The van der Waals surface area contributed by atoms with Crippen molar-refractivity contribution < 1.29 is 14.4 Å². The number of benzene rings is 1. The van der Waals surface area contributed by atoms with E-state index in [1.807, 2.05) is 48.7 Å². The standard InChI is InChI=1S/C21H24N4O3S/c1-14-5-2-6-15(11-14)23-18(26)13-24-17-8-3-9-22-19(17)20(27)25(21(24)28)12-16-7-4-10-29-16/h2,4-7,10-11,17,19,22H,3,8-9,12-13H2,1H3,(H,23,26). The molecule has 3 heterocycles. The molecule has 0 radical (unpaired) electrons. The minimum absolute atomic E-state index is 0.0795. The van der Waals surface area contributed by atoms with Crippen LogP contribution < -0.4 is 10.6 Å². The molecule has 4 rings (SSSR count). The summed E-state index contributed by atoms with van der Waals surface area (Å²) in [6.07, 6.45) is 1.57. The van der Waals surface area contributed by atoms with E-state index in [4.69, 9.17) is 0 Å². The van der Waals surface area contributed by atoms with Crippen molar-refractivity contribution in [3.8, 4) is 0 Å². The van der Waals surface area contributed by atoms with Crippen molar-refractivity contribution in [3.63, 3.8) is 0 Å². The maximum Gasteiger partial charge on any atom is 0.327 e. The Morgan fingerprint density at radius 2 is 2.14 bits per heavy atom. The lowest BCUT2D eigenvalue weighted by atomic mass is 9.93. The SMILES string of the molecule is Cc1cccc(NC(=O)CN2C(=O)N(Cc3cccs3)C(=O)C3NCCCC32)c1. The third-order valence-electron chi connectivity index (χ3n) is 5.34. The van der Waals surface area contributed by atoms with E-state index in [1.165, 1.54) is 16.2 Å². The van der Waals surface area contributed by atoms with Crippen LogP contribution in [0.15, 0.2) is 41.8 Å². The van der Waals surface area contributed by atoms with Gasteiger partial charge in [0.05, 0.1) is 12.6 Å². The summed E-state index contributed by atoms with van der Waals surface area (Å²) in [5.41, 5.74) is 1.74. The van der Waals surface area contributed by atoms with Gasteiger partial charge in [-0.1, -0.05) is 18.2 Å². The molecule has 0 saturated carbocycles. The first kappa shape index (κ1) is 19.6. The number of anilines is 1. The van der Waals surface area contributed by atoms with Crippen LogP contribution in [0, 0.1) is 6.92 Å². The molecule has 0 aliphatic carbocycles. The molecule has 0 spiro atoms. The topological polar surface area (TPSA) is 81.8 Å². The number of imide groups is 1. The second-order valence-electron chi connectivity index (χ2n) is 7.47. The molecule has 1 aromatic heterocycles. The molecule has 4 amide bonds. The van der Waals surface area contributed by atoms with E-state index in [1.54, 1.807) is 4.90 Å². The van der Waals surface area contributed by atoms with Crippen molar-refractivity contribution in [2.75, 3.05) is 18.4 Å². The lowest BCUT2D eigenvalue weighted by Gasteiger charge is -2.46. The molecule has 2 aliphatic rings. The zero-order valence-corrected chi connectivity index (χ0v) is 17.1. The third-order valence-corrected chi connectivity index (χ3v) is 6.21. The van der Waals surface area contributed by atoms with Gasteiger partial charge in [0.25, 0.3) is 0 Å². The van der Waals surface area contributed by atoms with Crippen LogP contribution in [-0.4, -0.2) is 52.8 Å². The number of thiophene rings is 1. The number of hydrogen-bond acceptors (Lipinski definition) is 5. The zero-order chi connectivity index (χ0) is 20.4. The Bertz CT molecular complexity index is 914. The molecule has 2 unspecified atom stereocenters. The van der Waals surface area contributed by atoms with Gasteiger partial charge in [-0.2, -0.15) is 0 Å². The summed E-state index contributed by atoms with van der Waals surface area (Å²) in [7, 11) is 0. The van der Waals surface area contributed by atoms with Gasteiger partial charge in [0.1, 0.15) is 12.6 Å². The van der Waals surface area contributed by atoms with E-state index in [-0.39, 0.29) is 30.9 Å². The molecule has 29 heavy (non-hydrogen) atoms. The molecule has 1 aromatic carbocycles. The normalized spacial score (nSPS) is 21.8. The van der Waals surface area contributed by atoms with Crippen LogP contribution in [0.3, 0.4) is 0 Å². The number of nitrogens with zero attached hydrogens (tertiary/aromatic N) is 2. The number of fused-ring (bicyclic) bond motifs is 1. The van der Waals surface area contributed by atoms with E-state index in [0.717, 1.165) is 23.4 Å². The Labute approximate surface area is 173 Å². The number of aryl methyl sites for hydroxylation is 1. The third kappa shape index (κ3) is 4.18. The molecular weight excluding hydrogens is 388 g/mol. The maximum absolute atomic E-state index is 13.2. The highest BCUT2D eigenvalue weighted by Gasteiger charge is 2.47. The molecule has 2 aliphatic heterocycles. The van der Waals surface area contributed by atoms with E-state index >= 15 is 0 Å². The smallest absolute Gasteiger partial charge is 0.325 e. The summed E-state index contributed by atoms with van der Waals surface area (Å²) in [4.78, 5) is 42.6. The van der Waals surface area contributed by atoms with Crippen LogP contribution in [0.1, 0.15) is 23.3 Å². The van der Waals surface area contributed by atoms with Crippen molar-refractivity contribution in [2.24, 2.45) is 0 Å². The van der Waals surface area contributed by atoms with Crippen LogP contribution >= 0.6 is 11.3 Å². The predicted octanol–water partition coefficient (Wildman–Crippen LogP) is 2.58. The number of carbonyl (C=O) groups is 3. The van der Waals surface area contributed by atoms with Gasteiger partial charge in [-0.3, -0.25) is 14.5 Å². The molecule has 2 fully saturated rings. The highest BCUT2D eigenvalue weighted by atomic mass is 32.1. The monoisotopic (exact) mass is 412 g/mol. The van der Waals surface area contributed by atoms with Crippen LogP contribution in [0.2, 0.25) is 0 Å². The number of amides is 4. The number of rotatable bonds is 5. The predicted molar refractivity (Wildman–Crippen MR) is 112 cm³/mol. The molecule has 0 bridgehead atoms. The molecule has 8 heteroatoms. The molecule has 2 atom stereocenters. The summed E-state index contributed by atoms with van der Waals surface area (Å²) in [6, 6.07) is 10.2. The van der Waals surface area contributed by atoms with E-state index < -0.39 is 12.1 Å². The summed E-state index contributed by atoms with van der Waals surface area (Å²) >= 11 is 1.50. The van der Waals surface area contributed by atoms with Crippen molar-refractivity contribution in [2.45, 2.75) is 38.4 Å². The van der Waals surface area contributed by atoms with Gasteiger partial charge in [0, 0.05) is 10.6 Å². The Morgan fingerprint density at radius 3 is 2.90 bits per heavy atom. The van der Waals surface area contributed by atoms with E-state index in [9.17, 15) is 14.4 Å². The van der Waals surface area contributed by atoms with Gasteiger partial charge in [0.15, 0.2) is 0 Å². The number of carbonyl (C=O) groups excluding carboxylic acids is 3. The fourth-order valence-electron chi connectivity index (χ4n) is 3.99. The molecular formula is C21H24N4O3S. The molecule has 152 valence electrons. The van der Waals surface area contributed by atoms with E-state index in [2.05, 4.69) is 10.6 Å². The first-order valence-electron chi connectivity index (χ1n) is 9.77. The fraction of sp³-hybridized carbons (Fsp3) is 0.381. The second kappa shape index (κ2) is 8.34. The minimum Gasteiger partial charge on any atom is -0.325 e. The van der Waals surface area contributed by atoms with Crippen LogP contribution in [0.5, 0.6) is 0 Å². The van der Waals surface area contributed by atoms with E-state index in [0.29, 0.717) is 12.1 Å². The first-order valence-corrected chi connectivity index (χ1v) is 10.6. The van der Waals surface area contributed by atoms with Crippen LogP contribution in [0.25, 0.3) is 0 Å². The minimum atomic E-state index is -0.465. The van der Waals surface area contributed by atoms with Gasteiger partial charge in [0.2, 0.25) is 11.8 Å². The van der Waals surface area contributed by atoms with Gasteiger partial charge in [-0.15, -0.1) is 11.3 Å². The zero-order valence-electron chi connectivity index (χ0n) is 16.3. The number of nitrogens with one attached hydrogen (secondary N) is 2. The molecule has 2 saturated heterocycles.